The number of hydrogen-bond acceptors (Lipinski definition) is 5. The summed E-state index contributed by atoms with van der Waals surface area (Å²) in [7, 11) is 0. The van der Waals surface area contributed by atoms with Crippen molar-refractivity contribution in [2.45, 2.75) is 18.4 Å². The predicted molar refractivity (Wildman–Crippen MR) is 62.8 cm³/mol. The molecule has 0 unspecified atom stereocenters. The molecule has 0 aliphatic carbocycles. The zero-order valence-corrected chi connectivity index (χ0v) is 8.45. The average molecular weight is 298 g/mol. The Morgan fingerprint density at radius 1 is 0.789 bits per heavy atom. The van der Waals surface area contributed by atoms with Crippen LogP contribution in [0.3, 0.4) is 0 Å². The van der Waals surface area contributed by atoms with Crippen molar-refractivity contribution in [3.8, 4) is 0 Å². The molecule has 0 aliphatic heterocycles. The average Bonchev–Trinajstić information content (AvgIpc) is 2.11. The van der Waals surface area contributed by atoms with Crippen molar-refractivity contribution in [1.82, 2.24) is 0 Å². The molecular weight excluding hydrogens is 286 g/mol. The van der Waals surface area contributed by atoms with Gasteiger partial charge in [-0.05, 0) is 0 Å². The van der Waals surface area contributed by atoms with Crippen molar-refractivity contribution in [1.29, 1.82) is 0 Å². The van der Waals surface area contributed by atoms with E-state index in [1.54, 1.807) is 0 Å². The minimum atomic E-state index is -2.59. The third kappa shape index (κ3) is 9.38. The molecule has 0 bridgehead atoms. The topological polar surface area (TPSA) is 158 Å². The fourth-order valence-electron chi connectivity index (χ4n) is 1.07. The van der Waals surface area contributed by atoms with E-state index in [0.29, 0.717) is 0 Å². The van der Waals surface area contributed by atoms with Crippen LogP contribution in [-0.4, -0.2) is 116 Å². The minimum absolute atomic E-state index is 0. The quantitative estimate of drug-likeness (QED) is 0.357. The van der Waals surface area contributed by atoms with E-state index in [1.165, 1.54) is 0 Å². The third-order valence-corrected chi connectivity index (χ3v) is 1.74. The summed E-state index contributed by atoms with van der Waals surface area (Å²) in [6.07, 6.45) is -2.30. The Bertz CT molecular complexity index is 338. The van der Waals surface area contributed by atoms with E-state index in [1.807, 2.05) is 0 Å². The molecule has 0 aromatic carbocycles. The van der Waals surface area contributed by atoms with Crippen molar-refractivity contribution >= 4 is 83.0 Å². The van der Waals surface area contributed by atoms with Gasteiger partial charge in [0.2, 0.25) is 0 Å². The molecule has 100 valence electrons. The third-order valence-electron chi connectivity index (χ3n) is 1.74. The van der Waals surface area contributed by atoms with E-state index in [2.05, 4.69) is 4.74 Å². The molecule has 4 N–H and O–H groups in total. The van der Waals surface area contributed by atoms with Crippen molar-refractivity contribution in [2.75, 3.05) is 6.61 Å². The fraction of sp³-hybridized carbons (Fsp3) is 0.500. The van der Waals surface area contributed by atoms with Crippen LogP contribution in [0.4, 0.5) is 0 Å². The predicted octanol–water partition coefficient (Wildman–Crippen LogP) is -2.44. The maximum atomic E-state index is 10.9. The fourth-order valence-corrected chi connectivity index (χ4v) is 1.07. The number of carbonyl (C=O) groups is 4. The van der Waals surface area contributed by atoms with Crippen LogP contribution in [0.2, 0.25) is 0 Å². The summed E-state index contributed by atoms with van der Waals surface area (Å²) in [6, 6.07) is 0. The van der Waals surface area contributed by atoms with E-state index in [9.17, 15) is 19.2 Å². The molecule has 0 radical (unpaired) electrons. The van der Waals surface area contributed by atoms with E-state index >= 15 is 0 Å². The van der Waals surface area contributed by atoms with E-state index < -0.39 is 48.9 Å². The SMILES string of the molecule is O=C(O)COC(CC(=O)O)(CC(=O)O)C(=O)O.[NaH].[NaH]. The molecule has 0 amide bonds. The van der Waals surface area contributed by atoms with Crippen LogP contribution >= 0.6 is 0 Å². The first-order chi connectivity index (χ1) is 7.69. The van der Waals surface area contributed by atoms with Gasteiger partial charge >= 0.3 is 83.0 Å². The summed E-state index contributed by atoms with van der Waals surface area (Å²) in [5.74, 6) is -6.60. The molecule has 0 fully saturated rings. The molecule has 11 heteroatoms. The molecule has 0 saturated heterocycles. The molecule has 19 heavy (non-hydrogen) atoms. The first-order valence-corrected chi connectivity index (χ1v) is 4.22. The molecule has 0 aromatic heterocycles. The van der Waals surface area contributed by atoms with Crippen LogP contribution < -0.4 is 0 Å². The second kappa shape index (κ2) is 10.6. The summed E-state index contributed by atoms with van der Waals surface area (Å²) in [5, 5.41) is 34.1. The summed E-state index contributed by atoms with van der Waals surface area (Å²) < 4.78 is 4.41. The standard InChI is InChI=1S/C8H10O9.2Na.2H/c9-4(10)1-8(7(15)16,2-5(11)12)17-3-6(13)14;;;;/h1-3H2,(H,9,10)(H,11,12)(H,13,14)(H,15,16);;;;. The number of hydrogen-bond donors (Lipinski definition) is 4. The van der Waals surface area contributed by atoms with Gasteiger partial charge in [0.15, 0.2) is 5.60 Å². The zero-order chi connectivity index (χ0) is 13.6. The number of rotatable bonds is 8. The summed E-state index contributed by atoms with van der Waals surface area (Å²) >= 11 is 0. The molecular formula is C8H12Na2O9. The van der Waals surface area contributed by atoms with Gasteiger partial charge in [-0.25, -0.2) is 9.59 Å². The van der Waals surface area contributed by atoms with Gasteiger partial charge in [0, 0.05) is 0 Å². The van der Waals surface area contributed by atoms with Crippen molar-refractivity contribution in [3.05, 3.63) is 0 Å². The van der Waals surface area contributed by atoms with Gasteiger partial charge in [0.25, 0.3) is 0 Å². The first-order valence-electron chi connectivity index (χ1n) is 4.22. The Morgan fingerprint density at radius 2 is 1.16 bits per heavy atom. The Hall–Kier alpha value is -0.160. The Labute approximate surface area is 151 Å². The molecule has 9 nitrogen and oxygen atoms in total. The van der Waals surface area contributed by atoms with Crippen LogP contribution in [-0.2, 0) is 23.9 Å². The molecule has 0 spiro atoms. The van der Waals surface area contributed by atoms with Gasteiger partial charge < -0.3 is 25.2 Å². The van der Waals surface area contributed by atoms with E-state index in [0.717, 1.165) is 0 Å². The normalized spacial score (nSPS) is 9.68. The Balaban J connectivity index is -0.00000128. The monoisotopic (exact) mass is 298 g/mol. The Kier molecular flexibility index (Phi) is 13.3. The molecule has 0 atom stereocenters. The number of carboxylic acid groups (broad SMARTS) is 4. The van der Waals surface area contributed by atoms with Crippen molar-refractivity contribution < 1.29 is 44.3 Å². The summed E-state index contributed by atoms with van der Waals surface area (Å²) in [6.45, 7) is -1.10. The number of carboxylic acids is 4. The number of ether oxygens (including phenoxy) is 1. The molecule has 0 aromatic rings. The van der Waals surface area contributed by atoms with Crippen LogP contribution in [0.25, 0.3) is 0 Å². The molecule has 0 rings (SSSR count). The second-order valence-corrected chi connectivity index (χ2v) is 3.12. The second-order valence-electron chi connectivity index (χ2n) is 3.12. The van der Waals surface area contributed by atoms with Crippen LogP contribution in [0.5, 0.6) is 0 Å². The van der Waals surface area contributed by atoms with Crippen molar-refractivity contribution in [2.24, 2.45) is 0 Å². The van der Waals surface area contributed by atoms with Gasteiger partial charge in [0.1, 0.15) is 6.61 Å². The van der Waals surface area contributed by atoms with Gasteiger partial charge in [-0.2, -0.15) is 0 Å². The van der Waals surface area contributed by atoms with Crippen LogP contribution in [0.15, 0.2) is 0 Å². The number of aliphatic carboxylic acids is 4. The van der Waals surface area contributed by atoms with Crippen molar-refractivity contribution in [3.63, 3.8) is 0 Å². The van der Waals surface area contributed by atoms with Crippen LogP contribution in [0, 0.1) is 0 Å². The van der Waals surface area contributed by atoms with E-state index in [-0.39, 0.29) is 59.1 Å². The molecule has 0 heterocycles. The maximum absolute atomic E-state index is 10.9. The van der Waals surface area contributed by atoms with Gasteiger partial charge in [0.05, 0.1) is 12.8 Å². The van der Waals surface area contributed by atoms with Gasteiger partial charge in [-0.1, -0.05) is 0 Å². The zero-order valence-electron chi connectivity index (χ0n) is 8.45. The first kappa shape index (κ1) is 23.9. The summed E-state index contributed by atoms with van der Waals surface area (Å²) in [4.78, 5) is 42.0. The van der Waals surface area contributed by atoms with E-state index in [4.69, 9.17) is 20.4 Å². The molecule has 0 saturated carbocycles. The van der Waals surface area contributed by atoms with Gasteiger partial charge in [-0.3, -0.25) is 9.59 Å². The molecule has 0 aliphatic rings. The van der Waals surface area contributed by atoms with Crippen LogP contribution in [0.1, 0.15) is 12.8 Å². The van der Waals surface area contributed by atoms with Gasteiger partial charge in [-0.15, -0.1) is 0 Å². The summed E-state index contributed by atoms with van der Waals surface area (Å²) in [5.41, 5.74) is -2.59. The Morgan fingerprint density at radius 3 is 1.37 bits per heavy atom.